The van der Waals surface area contributed by atoms with E-state index in [0.717, 1.165) is 22.2 Å². The molecule has 25 heavy (non-hydrogen) atoms. The number of para-hydroxylation sites is 1. The van der Waals surface area contributed by atoms with Gasteiger partial charge in [0, 0.05) is 5.39 Å². The molecule has 2 aromatic carbocycles. The Bertz CT molecular complexity index is 973. The molecule has 0 spiro atoms. The number of nitrogens with zero attached hydrogens (tertiary/aromatic N) is 2. The van der Waals surface area contributed by atoms with Crippen molar-refractivity contribution in [2.24, 2.45) is 10.2 Å². The van der Waals surface area contributed by atoms with Crippen LogP contribution in [-0.2, 0) is 4.79 Å². The standard InChI is InChI=1S/C19H19N3O3/c1-11-7-8-12(2)15(9-11)25-10-16(23)21-22-18-14-6-4-5-13(3)17(14)20-19(18)24/h4-9,20,24H,10H2,1-3H3. The van der Waals surface area contributed by atoms with Crippen molar-refractivity contribution in [3.05, 3.63) is 53.1 Å². The molecule has 1 amide bonds. The van der Waals surface area contributed by atoms with Gasteiger partial charge < -0.3 is 14.8 Å². The summed E-state index contributed by atoms with van der Waals surface area (Å²) >= 11 is 0. The zero-order chi connectivity index (χ0) is 18.0. The normalized spacial score (nSPS) is 11.3. The fourth-order valence-corrected chi connectivity index (χ4v) is 2.57. The minimum atomic E-state index is -0.526. The Kier molecular flexibility index (Phi) is 4.52. The highest BCUT2D eigenvalue weighted by molar-refractivity contribution is 5.96. The van der Waals surface area contributed by atoms with Crippen LogP contribution in [0.25, 0.3) is 10.9 Å². The van der Waals surface area contributed by atoms with Gasteiger partial charge in [-0.05, 0) is 43.5 Å². The average Bonchev–Trinajstić information content (AvgIpc) is 2.91. The number of aryl methyl sites for hydroxylation is 3. The number of H-pyrrole nitrogens is 1. The van der Waals surface area contributed by atoms with Gasteiger partial charge in [-0.2, -0.15) is 0 Å². The first-order chi connectivity index (χ1) is 12.0. The maximum atomic E-state index is 11.9. The summed E-state index contributed by atoms with van der Waals surface area (Å²) in [7, 11) is 0. The molecule has 0 atom stereocenters. The maximum absolute atomic E-state index is 11.9. The van der Waals surface area contributed by atoms with Gasteiger partial charge in [-0.25, -0.2) is 0 Å². The molecule has 0 unspecified atom stereocenters. The number of aromatic nitrogens is 1. The number of benzene rings is 2. The van der Waals surface area contributed by atoms with Gasteiger partial charge in [0.1, 0.15) is 5.75 Å². The van der Waals surface area contributed by atoms with E-state index in [1.165, 1.54) is 0 Å². The zero-order valence-electron chi connectivity index (χ0n) is 14.3. The third-order valence-electron chi connectivity index (χ3n) is 3.95. The van der Waals surface area contributed by atoms with Crippen LogP contribution in [0.1, 0.15) is 16.7 Å². The number of nitrogens with one attached hydrogen (secondary N) is 1. The molecule has 0 saturated carbocycles. The molecule has 0 fully saturated rings. The molecule has 6 heteroatoms. The van der Waals surface area contributed by atoms with Crippen molar-refractivity contribution >= 4 is 22.5 Å². The molecule has 0 aliphatic heterocycles. The van der Waals surface area contributed by atoms with E-state index < -0.39 is 5.91 Å². The first-order valence-electron chi connectivity index (χ1n) is 7.90. The second-order valence-electron chi connectivity index (χ2n) is 5.97. The second kappa shape index (κ2) is 6.76. The second-order valence-corrected chi connectivity index (χ2v) is 5.97. The van der Waals surface area contributed by atoms with Gasteiger partial charge in [0.25, 0.3) is 0 Å². The van der Waals surface area contributed by atoms with Gasteiger partial charge in [0.05, 0.1) is 5.52 Å². The summed E-state index contributed by atoms with van der Waals surface area (Å²) in [6, 6.07) is 11.4. The smallest absolute Gasteiger partial charge is 0.302 e. The number of hydrogen-bond donors (Lipinski definition) is 2. The third kappa shape index (κ3) is 3.52. The topological polar surface area (TPSA) is 87.0 Å². The molecule has 0 bridgehead atoms. The first kappa shape index (κ1) is 16.7. The molecule has 6 nitrogen and oxygen atoms in total. The monoisotopic (exact) mass is 337 g/mol. The minimum Gasteiger partial charge on any atom is -0.493 e. The number of carbonyl (C=O) groups is 1. The first-order valence-corrected chi connectivity index (χ1v) is 7.90. The lowest BCUT2D eigenvalue weighted by atomic mass is 10.1. The molecule has 0 aliphatic carbocycles. The highest BCUT2D eigenvalue weighted by Crippen LogP contribution is 2.36. The number of aromatic amines is 1. The van der Waals surface area contributed by atoms with Crippen molar-refractivity contribution < 1.29 is 14.6 Å². The van der Waals surface area contributed by atoms with Crippen LogP contribution in [0.3, 0.4) is 0 Å². The van der Waals surface area contributed by atoms with Crippen molar-refractivity contribution in [1.29, 1.82) is 0 Å². The summed E-state index contributed by atoms with van der Waals surface area (Å²) in [5, 5.41) is 18.3. The quantitative estimate of drug-likeness (QED) is 0.688. The maximum Gasteiger partial charge on any atom is 0.302 e. The summed E-state index contributed by atoms with van der Waals surface area (Å²) < 4.78 is 5.51. The van der Waals surface area contributed by atoms with E-state index in [1.807, 2.05) is 57.2 Å². The molecule has 1 aromatic heterocycles. The highest BCUT2D eigenvalue weighted by atomic mass is 16.5. The van der Waals surface area contributed by atoms with Crippen LogP contribution in [0.5, 0.6) is 11.6 Å². The Morgan fingerprint density at radius 3 is 2.76 bits per heavy atom. The van der Waals surface area contributed by atoms with Crippen LogP contribution < -0.4 is 4.74 Å². The summed E-state index contributed by atoms with van der Waals surface area (Å²) in [6.45, 7) is 5.57. The van der Waals surface area contributed by atoms with Gasteiger partial charge in [-0.1, -0.05) is 30.3 Å². The Hall–Kier alpha value is -3.15. The largest absolute Gasteiger partial charge is 0.493 e. The molecule has 0 radical (unpaired) electrons. The van der Waals surface area contributed by atoms with E-state index in [4.69, 9.17) is 4.74 Å². The predicted octanol–water partition coefficient (Wildman–Crippen LogP) is 4.49. The Labute approximate surface area is 145 Å². The number of aromatic hydroxyl groups is 1. The lowest BCUT2D eigenvalue weighted by Crippen LogP contribution is -2.08. The van der Waals surface area contributed by atoms with E-state index in [9.17, 15) is 9.90 Å². The fourth-order valence-electron chi connectivity index (χ4n) is 2.57. The number of azo groups is 1. The third-order valence-corrected chi connectivity index (χ3v) is 3.95. The summed E-state index contributed by atoms with van der Waals surface area (Å²) in [5.41, 5.74) is 3.99. The van der Waals surface area contributed by atoms with Gasteiger partial charge in [0.2, 0.25) is 5.88 Å². The lowest BCUT2D eigenvalue weighted by Gasteiger charge is -2.07. The number of carbonyl (C=O) groups excluding carboxylic acids is 1. The van der Waals surface area contributed by atoms with Crippen molar-refractivity contribution in [1.82, 2.24) is 4.98 Å². The van der Waals surface area contributed by atoms with Crippen molar-refractivity contribution in [3.63, 3.8) is 0 Å². The lowest BCUT2D eigenvalue weighted by molar-refractivity contribution is -0.120. The fraction of sp³-hybridized carbons (Fsp3) is 0.211. The van der Waals surface area contributed by atoms with Crippen LogP contribution >= 0.6 is 0 Å². The molecule has 0 aliphatic rings. The van der Waals surface area contributed by atoms with E-state index in [2.05, 4.69) is 15.2 Å². The number of rotatable bonds is 4. The summed E-state index contributed by atoms with van der Waals surface area (Å²) in [4.78, 5) is 14.8. The van der Waals surface area contributed by atoms with Crippen molar-refractivity contribution in [2.45, 2.75) is 20.8 Å². The Morgan fingerprint density at radius 1 is 1.16 bits per heavy atom. The number of amides is 1. The Balaban J connectivity index is 1.74. The number of ether oxygens (including phenoxy) is 1. The SMILES string of the molecule is Cc1ccc(C)c(OCC(=O)N=Nc2c(O)[nH]c3c(C)cccc23)c1. The zero-order valence-corrected chi connectivity index (χ0v) is 14.3. The van der Waals surface area contributed by atoms with Crippen molar-refractivity contribution in [2.75, 3.05) is 6.61 Å². The van der Waals surface area contributed by atoms with E-state index in [-0.39, 0.29) is 18.2 Å². The van der Waals surface area contributed by atoms with Crippen LogP contribution in [0.2, 0.25) is 0 Å². The average molecular weight is 337 g/mol. The van der Waals surface area contributed by atoms with Gasteiger partial charge >= 0.3 is 5.91 Å². The molecular formula is C19H19N3O3. The molecule has 0 saturated heterocycles. The number of hydrogen-bond acceptors (Lipinski definition) is 4. The predicted molar refractivity (Wildman–Crippen MR) is 95.6 cm³/mol. The highest BCUT2D eigenvalue weighted by Gasteiger charge is 2.12. The summed E-state index contributed by atoms with van der Waals surface area (Å²) in [5.74, 6) is 0.00715. The van der Waals surface area contributed by atoms with Gasteiger partial charge in [-0.3, -0.25) is 4.79 Å². The van der Waals surface area contributed by atoms with E-state index in [0.29, 0.717) is 11.1 Å². The summed E-state index contributed by atoms with van der Waals surface area (Å²) in [6.07, 6.45) is 0. The van der Waals surface area contributed by atoms with Gasteiger partial charge in [-0.15, -0.1) is 10.2 Å². The van der Waals surface area contributed by atoms with Crippen LogP contribution in [0.15, 0.2) is 46.6 Å². The molecule has 3 rings (SSSR count). The Morgan fingerprint density at radius 2 is 1.96 bits per heavy atom. The van der Waals surface area contributed by atoms with Crippen molar-refractivity contribution in [3.8, 4) is 11.6 Å². The van der Waals surface area contributed by atoms with Crippen LogP contribution in [0.4, 0.5) is 5.69 Å². The molecule has 3 aromatic rings. The van der Waals surface area contributed by atoms with Crippen LogP contribution in [-0.4, -0.2) is 22.6 Å². The minimum absolute atomic E-state index is 0.115. The van der Waals surface area contributed by atoms with Crippen LogP contribution in [0, 0.1) is 20.8 Å². The molecule has 128 valence electrons. The number of fused-ring (bicyclic) bond motifs is 1. The molecular weight excluding hydrogens is 318 g/mol. The molecule has 1 heterocycles. The van der Waals surface area contributed by atoms with Gasteiger partial charge in [0.15, 0.2) is 12.3 Å². The van der Waals surface area contributed by atoms with E-state index >= 15 is 0 Å². The molecule has 2 N–H and O–H groups in total. The van der Waals surface area contributed by atoms with E-state index in [1.54, 1.807) is 0 Å².